The summed E-state index contributed by atoms with van der Waals surface area (Å²) >= 11 is 0. The Kier molecular flexibility index (Phi) is 7.55. The zero-order valence-corrected chi connectivity index (χ0v) is 8.35. The lowest BCUT2D eigenvalue weighted by Crippen LogP contribution is -2.34. The van der Waals surface area contributed by atoms with Crippen LogP contribution in [0.25, 0.3) is 0 Å². The molecular weight excluding hydrogens is 190 g/mol. The van der Waals surface area contributed by atoms with E-state index in [1.165, 1.54) is 0 Å². The van der Waals surface area contributed by atoms with Crippen LogP contribution in [0.1, 0.15) is 20.8 Å². The highest BCUT2D eigenvalue weighted by Gasteiger charge is 2.14. The maximum absolute atomic E-state index is 10.0. The van der Waals surface area contributed by atoms with Crippen LogP contribution in [0.5, 0.6) is 0 Å². The van der Waals surface area contributed by atoms with Crippen molar-refractivity contribution < 1.29 is 24.6 Å². The van der Waals surface area contributed by atoms with Gasteiger partial charge in [0, 0.05) is 6.92 Å². The van der Waals surface area contributed by atoms with E-state index in [1.807, 2.05) is 0 Å². The van der Waals surface area contributed by atoms with Gasteiger partial charge in [0.25, 0.3) is 0 Å². The molecule has 6 heteroatoms. The number of carboxylic acids is 2. The van der Waals surface area contributed by atoms with Gasteiger partial charge in [0.1, 0.15) is 6.04 Å². The van der Waals surface area contributed by atoms with E-state index in [0.29, 0.717) is 0 Å². The van der Waals surface area contributed by atoms with Gasteiger partial charge in [-0.25, -0.2) is 4.79 Å². The SMILES string of the molecule is CC(=O)C(=O)O.CC(C)C(N)C(=O)O. The van der Waals surface area contributed by atoms with Crippen molar-refractivity contribution in [1.82, 2.24) is 0 Å². The van der Waals surface area contributed by atoms with Gasteiger partial charge in [-0.1, -0.05) is 13.8 Å². The highest BCUT2D eigenvalue weighted by Crippen LogP contribution is 1.96. The van der Waals surface area contributed by atoms with Crippen molar-refractivity contribution >= 4 is 17.7 Å². The fourth-order valence-corrected chi connectivity index (χ4v) is 0.285. The highest BCUT2D eigenvalue weighted by molar-refractivity contribution is 6.31. The number of hydrogen-bond donors (Lipinski definition) is 3. The van der Waals surface area contributed by atoms with Gasteiger partial charge in [-0.3, -0.25) is 9.59 Å². The van der Waals surface area contributed by atoms with Crippen molar-refractivity contribution in [3.8, 4) is 0 Å². The second kappa shape index (κ2) is 7.02. The number of aliphatic carboxylic acids is 2. The molecule has 1 unspecified atom stereocenters. The number of Topliss-reactive ketones (excluding diaryl/α,β-unsaturated/α-hetero) is 1. The molecule has 0 aromatic heterocycles. The van der Waals surface area contributed by atoms with E-state index in [-0.39, 0.29) is 5.92 Å². The van der Waals surface area contributed by atoms with Crippen molar-refractivity contribution in [2.24, 2.45) is 11.7 Å². The van der Waals surface area contributed by atoms with E-state index >= 15 is 0 Å². The molecule has 6 nitrogen and oxygen atoms in total. The van der Waals surface area contributed by atoms with Gasteiger partial charge in [0.05, 0.1) is 0 Å². The van der Waals surface area contributed by atoms with E-state index in [2.05, 4.69) is 0 Å². The van der Waals surface area contributed by atoms with Crippen LogP contribution in [-0.2, 0) is 14.4 Å². The zero-order chi connectivity index (χ0) is 11.9. The predicted molar refractivity (Wildman–Crippen MR) is 48.8 cm³/mol. The van der Waals surface area contributed by atoms with Crippen molar-refractivity contribution in [3.05, 3.63) is 0 Å². The van der Waals surface area contributed by atoms with Gasteiger partial charge in [-0.05, 0) is 5.92 Å². The van der Waals surface area contributed by atoms with E-state index in [4.69, 9.17) is 15.9 Å². The van der Waals surface area contributed by atoms with Crippen LogP contribution >= 0.6 is 0 Å². The molecule has 0 spiro atoms. The Morgan fingerprint density at radius 2 is 1.43 bits per heavy atom. The summed E-state index contributed by atoms with van der Waals surface area (Å²) in [5, 5.41) is 15.9. The molecule has 0 saturated heterocycles. The minimum atomic E-state index is -1.38. The normalized spacial score (nSPS) is 11.2. The fourth-order valence-electron chi connectivity index (χ4n) is 0.285. The maximum Gasteiger partial charge on any atom is 0.371 e. The van der Waals surface area contributed by atoms with E-state index in [9.17, 15) is 14.4 Å². The molecule has 0 radical (unpaired) electrons. The van der Waals surface area contributed by atoms with Gasteiger partial charge in [-0.2, -0.15) is 0 Å². The standard InChI is InChI=1S/C5H11NO2.C3H4O3/c1-3(2)4(6)5(7)8;1-2(4)3(5)6/h3-4H,6H2,1-2H3,(H,7,8);1H3,(H,5,6). The Bertz CT molecular complexity index is 212. The molecular formula is C8H15NO5. The van der Waals surface area contributed by atoms with Crippen LogP contribution in [-0.4, -0.2) is 34.0 Å². The number of hydrogen-bond acceptors (Lipinski definition) is 4. The highest BCUT2D eigenvalue weighted by atomic mass is 16.4. The Morgan fingerprint density at radius 1 is 1.14 bits per heavy atom. The summed E-state index contributed by atoms with van der Waals surface area (Å²) in [5.41, 5.74) is 5.16. The largest absolute Gasteiger partial charge is 0.480 e. The molecule has 0 aliphatic carbocycles. The lowest BCUT2D eigenvalue weighted by Gasteiger charge is -2.07. The summed E-state index contributed by atoms with van der Waals surface area (Å²) in [5.74, 6) is -3.11. The third-order valence-electron chi connectivity index (χ3n) is 1.30. The van der Waals surface area contributed by atoms with Crippen molar-refractivity contribution in [2.45, 2.75) is 26.8 Å². The number of nitrogens with two attached hydrogens (primary N) is 1. The smallest absolute Gasteiger partial charge is 0.371 e. The van der Waals surface area contributed by atoms with Crippen molar-refractivity contribution in [3.63, 3.8) is 0 Å². The number of carbonyl (C=O) groups excluding carboxylic acids is 1. The molecule has 0 saturated carbocycles. The van der Waals surface area contributed by atoms with Crippen molar-refractivity contribution in [2.75, 3.05) is 0 Å². The zero-order valence-electron chi connectivity index (χ0n) is 8.35. The lowest BCUT2D eigenvalue weighted by atomic mass is 10.1. The van der Waals surface area contributed by atoms with Gasteiger partial charge in [0.2, 0.25) is 5.78 Å². The second-order valence-corrected chi connectivity index (χ2v) is 2.97. The molecule has 0 aliphatic rings. The molecule has 0 heterocycles. The predicted octanol–water partition coefficient (Wildman–Crippen LogP) is -0.286. The van der Waals surface area contributed by atoms with Crippen LogP contribution in [0, 0.1) is 5.92 Å². The summed E-state index contributed by atoms with van der Waals surface area (Å²) in [6.45, 7) is 4.56. The Labute approximate surface area is 81.7 Å². The summed E-state index contributed by atoms with van der Waals surface area (Å²) in [4.78, 5) is 28.9. The third kappa shape index (κ3) is 8.66. The van der Waals surface area contributed by atoms with Crippen LogP contribution < -0.4 is 5.73 Å². The molecule has 4 N–H and O–H groups in total. The first-order chi connectivity index (χ1) is 6.20. The van der Waals surface area contributed by atoms with Gasteiger partial charge < -0.3 is 15.9 Å². The Hall–Kier alpha value is -1.43. The molecule has 0 bridgehead atoms. The van der Waals surface area contributed by atoms with Crippen LogP contribution in [0.2, 0.25) is 0 Å². The quantitative estimate of drug-likeness (QED) is 0.545. The summed E-state index contributed by atoms with van der Waals surface area (Å²) in [6, 6.07) is -0.713. The van der Waals surface area contributed by atoms with E-state index in [0.717, 1.165) is 6.92 Å². The van der Waals surface area contributed by atoms with Crippen molar-refractivity contribution in [1.29, 1.82) is 0 Å². The number of carbonyl (C=O) groups is 3. The molecule has 82 valence electrons. The Morgan fingerprint density at radius 3 is 1.43 bits per heavy atom. The molecule has 0 fully saturated rings. The van der Waals surface area contributed by atoms with Crippen LogP contribution in [0.15, 0.2) is 0 Å². The second-order valence-electron chi connectivity index (χ2n) is 2.97. The number of rotatable bonds is 3. The Balaban J connectivity index is 0. The van der Waals surface area contributed by atoms with E-state index < -0.39 is 23.8 Å². The molecule has 0 aliphatic heterocycles. The summed E-state index contributed by atoms with van der Waals surface area (Å²) < 4.78 is 0. The maximum atomic E-state index is 10.0. The van der Waals surface area contributed by atoms with Gasteiger partial charge in [0.15, 0.2) is 0 Å². The molecule has 0 amide bonds. The third-order valence-corrected chi connectivity index (χ3v) is 1.30. The topological polar surface area (TPSA) is 118 Å². The van der Waals surface area contributed by atoms with Crippen LogP contribution in [0.3, 0.4) is 0 Å². The summed E-state index contributed by atoms with van der Waals surface area (Å²) in [7, 11) is 0. The first-order valence-corrected chi connectivity index (χ1v) is 3.92. The minimum absolute atomic E-state index is 0.0208. The number of carboxylic acid groups (broad SMARTS) is 2. The molecule has 1 atom stereocenters. The monoisotopic (exact) mass is 205 g/mol. The first kappa shape index (κ1) is 15.1. The van der Waals surface area contributed by atoms with Gasteiger partial charge in [-0.15, -0.1) is 0 Å². The average Bonchev–Trinajstić information content (AvgIpc) is 2.03. The van der Waals surface area contributed by atoms with Gasteiger partial charge >= 0.3 is 11.9 Å². The molecule has 0 rings (SSSR count). The molecule has 14 heavy (non-hydrogen) atoms. The summed E-state index contributed by atoms with van der Waals surface area (Å²) in [6.07, 6.45) is 0. The van der Waals surface area contributed by atoms with E-state index in [1.54, 1.807) is 13.8 Å². The van der Waals surface area contributed by atoms with Crippen LogP contribution in [0.4, 0.5) is 0 Å². The number of ketones is 1. The first-order valence-electron chi connectivity index (χ1n) is 3.92. The fraction of sp³-hybridized carbons (Fsp3) is 0.625. The minimum Gasteiger partial charge on any atom is -0.480 e. The molecule has 0 aromatic rings. The molecule has 0 aromatic carbocycles. The lowest BCUT2D eigenvalue weighted by molar-refractivity contribution is -0.148. The average molecular weight is 205 g/mol.